The van der Waals surface area contributed by atoms with Crippen molar-refractivity contribution in [3.8, 4) is 0 Å². The molecule has 4 fully saturated rings. The van der Waals surface area contributed by atoms with Gasteiger partial charge in [-0.1, -0.05) is 24.3 Å². The van der Waals surface area contributed by atoms with Crippen molar-refractivity contribution in [2.75, 3.05) is 13.2 Å². The molecule has 5 rings (SSSR count). The van der Waals surface area contributed by atoms with Gasteiger partial charge >= 0.3 is 9.28 Å². The van der Waals surface area contributed by atoms with Crippen LogP contribution in [0.4, 0.5) is 0 Å². The number of hydrogen-bond donors (Lipinski definition) is 0. The van der Waals surface area contributed by atoms with E-state index in [0.29, 0.717) is 5.41 Å². The molecule has 4 aliphatic carbocycles. The largest absolute Gasteiger partial charge is 0.423 e. The fourth-order valence-electron chi connectivity index (χ4n) is 6.02. The van der Waals surface area contributed by atoms with Crippen LogP contribution in [0.25, 0.3) is 0 Å². The van der Waals surface area contributed by atoms with E-state index in [1.54, 1.807) is 5.56 Å². The van der Waals surface area contributed by atoms with Crippen molar-refractivity contribution in [3.63, 3.8) is 0 Å². The Morgan fingerprint density at radius 2 is 1.43 bits per heavy atom. The van der Waals surface area contributed by atoms with Gasteiger partial charge in [0.25, 0.3) is 0 Å². The van der Waals surface area contributed by atoms with Crippen LogP contribution in [0.15, 0.2) is 24.3 Å². The molecule has 0 atom stereocenters. The van der Waals surface area contributed by atoms with Gasteiger partial charge < -0.3 is 8.85 Å². The van der Waals surface area contributed by atoms with Crippen LogP contribution in [0.2, 0.25) is 0 Å². The van der Waals surface area contributed by atoms with Crippen LogP contribution in [0.3, 0.4) is 0 Å². The first-order chi connectivity index (χ1) is 11.2. The van der Waals surface area contributed by atoms with Gasteiger partial charge in [0.05, 0.1) is 0 Å². The van der Waals surface area contributed by atoms with Crippen molar-refractivity contribution in [3.05, 3.63) is 29.8 Å². The summed E-state index contributed by atoms with van der Waals surface area (Å²) in [6.45, 7) is 5.64. The molecule has 23 heavy (non-hydrogen) atoms. The van der Waals surface area contributed by atoms with Gasteiger partial charge in [0.15, 0.2) is 0 Å². The van der Waals surface area contributed by atoms with Crippen LogP contribution in [-0.4, -0.2) is 22.5 Å². The van der Waals surface area contributed by atoms with E-state index in [4.69, 9.17) is 8.85 Å². The van der Waals surface area contributed by atoms with Crippen LogP contribution in [0.5, 0.6) is 0 Å². The summed E-state index contributed by atoms with van der Waals surface area (Å²) in [5.74, 6) is 2.93. The molecule has 4 saturated carbocycles. The summed E-state index contributed by atoms with van der Waals surface area (Å²) in [5, 5.41) is 1.39. The lowest BCUT2D eigenvalue weighted by Crippen LogP contribution is -2.52. The Kier molecular flexibility index (Phi) is 4.37. The highest BCUT2D eigenvalue weighted by atomic mass is 28.3. The fourth-order valence-corrected chi connectivity index (χ4v) is 7.74. The third kappa shape index (κ3) is 2.81. The Hall–Kier alpha value is -0.643. The van der Waals surface area contributed by atoms with Gasteiger partial charge in [-0.25, -0.2) is 0 Å². The Labute approximate surface area is 142 Å². The van der Waals surface area contributed by atoms with Crippen LogP contribution in [0, 0.1) is 17.8 Å². The molecule has 0 heterocycles. The first-order valence-corrected chi connectivity index (χ1v) is 10.8. The van der Waals surface area contributed by atoms with E-state index in [1.807, 2.05) is 0 Å². The first-order valence-electron chi connectivity index (χ1n) is 9.46. The van der Waals surface area contributed by atoms with E-state index in [0.717, 1.165) is 31.0 Å². The molecule has 125 valence electrons. The quantitative estimate of drug-likeness (QED) is 0.736. The fraction of sp³-hybridized carbons (Fsp3) is 0.700. The summed E-state index contributed by atoms with van der Waals surface area (Å²) in [5.41, 5.74) is 2.00. The third-order valence-corrected chi connectivity index (χ3v) is 8.28. The second-order valence-corrected chi connectivity index (χ2v) is 9.59. The second-order valence-electron chi connectivity index (χ2n) is 7.90. The van der Waals surface area contributed by atoms with Gasteiger partial charge in [0, 0.05) is 13.2 Å². The molecule has 3 heteroatoms. The van der Waals surface area contributed by atoms with E-state index < -0.39 is 9.28 Å². The topological polar surface area (TPSA) is 18.5 Å². The SMILES string of the molecule is CCO[Si](OCC)c1ccccc1C12CC3CC(CC(C3)C1)C2. The van der Waals surface area contributed by atoms with Crippen molar-refractivity contribution < 1.29 is 8.85 Å². The minimum Gasteiger partial charge on any atom is -0.390 e. The van der Waals surface area contributed by atoms with Gasteiger partial charge in [-0.3, -0.25) is 0 Å². The number of rotatable bonds is 6. The highest BCUT2D eigenvalue weighted by molar-refractivity contribution is 6.61. The van der Waals surface area contributed by atoms with Crippen LogP contribution in [0.1, 0.15) is 57.9 Å². The van der Waals surface area contributed by atoms with E-state index in [2.05, 4.69) is 38.1 Å². The Morgan fingerprint density at radius 3 is 1.96 bits per heavy atom. The van der Waals surface area contributed by atoms with Gasteiger partial charge in [0.1, 0.15) is 0 Å². The van der Waals surface area contributed by atoms with Crippen molar-refractivity contribution in [2.24, 2.45) is 17.8 Å². The standard InChI is InChI=1S/C20H29O2Si/c1-3-21-23(22-4-2)19-8-6-5-7-18(19)20-12-15-9-16(13-20)11-17(10-15)14-20/h5-8,15-17H,3-4,9-14H2,1-2H3. The molecule has 0 saturated heterocycles. The monoisotopic (exact) mass is 329 g/mol. The normalized spacial score (nSPS) is 35.2. The number of benzene rings is 1. The summed E-state index contributed by atoms with van der Waals surface area (Å²) < 4.78 is 12.1. The zero-order chi connectivity index (χ0) is 15.9. The van der Waals surface area contributed by atoms with Crippen molar-refractivity contribution >= 4 is 14.5 Å². The molecular formula is C20H29O2Si. The molecule has 1 aromatic rings. The summed E-state index contributed by atoms with van der Waals surface area (Å²) in [4.78, 5) is 0. The first kappa shape index (κ1) is 15.9. The minimum absolute atomic E-state index is 0.426. The van der Waals surface area contributed by atoms with Gasteiger partial charge in [-0.15, -0.1) is 0 Å². The summed E-state index contributed by atoms with van der Waals surface area (Å²) in [6, 6.07) is 9.08. The van der Waals surface area contributed by atoms with Gasteiger partial charge in [0.2, 0.25) is 0 Å². The van der Waals surface area contributed by atoms with Crippen molar-refractivity contribution in [2.45, 2.75) is 57.8 Å². The highest BCUT2D eigenvalue weighted by Crippen LogP contribution is 2.60. The van der Waals surface area contributed by atoms with E-state index in [1.165, 1.54) is 43.7 Å². The van der Waals surface area contributed by atoms with Crippen LogP contribution < -0.4 is 5.19 Å². The molecule has 1 aromatic carbocycles. The summed E-state index contributed by atoms with van der Waals surface area (Å²) >= 11 is 0. The zero-order valence-electron chi connectivity index (χ0n) is 14.5. The lowest BCUT2D eigenvalue weighted by Gasteiger charge is -2.57. The Balaban J connectivity index is 1.71. The third-order valence-electron chi connectivity index (χ3n) is 6.31. The molecule has 4 aliphatic rings. The van der Waals surface area contributed by atoms with Crippen LogP contribution >= 0.6 is 0 Å². The molecule has 4 bridgehead atoms. The van der Waals surface area contributed by atoms with Gasteiger partial charge in [-0.2, -0.15) is 0 Å². The number of hydrogen-bond acceptors (Lipinski definition) is 2. The molecule has 0 N–H and O–H groups in total. The molecule has 2 nitrogen and oxygen atoms in total. The molecule has 0 aromatic heterocycles. The molecular weight excluding hydrogens is 300 g/mol. The molecule has 0 spiro atoms. The Bertz CT molecular complexity index is 515. The minimum atomic E-state index is -1.35. The maximum absolute atomic E-state index is 6.05. The predicted octanol–water partition coefficient (Wildman–Crippen LogP) is 3.92. The molecule has 1 radical (unpaired) electrons. The van der Waals surface area contributed by atoms with Gasteiger partial charge in [-0.05, 0) is 86.3 Å². The molecule has 0 amide bonds. The van der Waals surface area contributed by atoms with E-state index >= 15 is 0 Å². The van der Waals surface area contributed by atoms with E-state index in [-0.39, 0.29) is 0 Å². The van der Waals surface area contributed by atoms with Crippen molar-refractivity contribution in [1.29, 1.82) is 0 Å². The van der Waals surface area contributed by atoms with E-state index in [9.17, 15) is 0 Å². The molecule has 0 unspecified atom stereocenters. The smallest absolute Gasteiger partial charge is 0.390 e. The summed E-state index contributed by atoms with van der Waals surface area (Å²) in [7, 11) is -1.35. The second kappa shape index (κ2) is 6.34. The maximum atomic E-state index is 6.05. The maximum Gasteiger partial charge on any atom is 0.423 e. The summed E-state index contributed by atoms with van der Waals surface area (Å²) in [6.07, 6.45) is 8.71. The highest BCUT2D eigenvalue weighted by Gasteiger charge is 2.52. The predicted molar refractivity (Wildman–Crippen MR) is 94.9 cm³/mol. The lowest BCUT2D eigenvalue weighted by atomic mass is 9.48. The molecule has 0 aliphatic heterocycles. The Morgan fingerprint density at radius 1 is 0.913 bits per heavy atom. The average Bonchev–Trinajstić information content (AvgIpc) is 2.53. The zero-order valence-corrected chi connectivity index (χ0v) is 15.5. The lowest BCUT2D eigenvalue weighted by molar-refractivity contribution is -0.00488. The van der Waals surface area contributed by atoms with Crippen molar-refractivity contribution in [1.82, 2.24) is 0 Å². The van der Waals surface area contributed by atoms with Crippen LogP contribution in [-0.2, 0) is 14.3 Å². The average molecular weight is 330 g/mol.